The number of hydrogen-bond acceptors (Lipinski definition) is 7. The molecule has 0 amide bonds. The van der Waals surface area contributed by atoms with Crippen LogP contribution < -0.4 is 0 Å². The van der Waals surface area contributed by atoms with Gasteiger partial charge in [0.05, 0.1) is 5.41 Å². The summed E-state index contributed by atoms with van der Waals surface area (Å²) < 4.78 is 9.74. The van der Waals surface area contributed by atoms with E-state index in [0.717, 1.165) is 0 Å². The molecular weight excluding hydrogens is 292 g/mol. The lowest BCUT2D eigenvalue weighted by molar-refractivity contribution is -0.164. The minimum absolute atomic E-state index is 0.0670. The summed E-state index contributed by atoms with van der Waals surface area (Å²) in [6, 6.07) is 0. The van der Waals surface area contributed by atoms with Crippen molar-refractivity contribution in [2.45, 2.75) is 65.5 Å². The number of rotatable bonds is 5. The molecule has 0 bridgehead atoms. The van der Waals surface area contributed by atoms with Gasteiger partial charge in [-0.3, -0.25) is 4.79 Å². The molecule has 1 aliphatic heterocycles. The first-order chi connectivity index (χ1) is 9.85. The van der Waals surface area contributed by atoms with E-state index in [4.69, 9.17) is 4.74 Å². The first-order valence-corrected chi connectivity index (χ1v) is 7.27. The van der Waals surface area contributed by atoms with Gasteiger partial charge in [0.1, 0.15) is 18.8 Å². The van der Waals surface area contributed by atoms with Gasteiger partial charge in [0, 0.05) is 0 Å². The number of cyclic esters (lactones) is 1. The Labute approximate surface area is 130 Å². The number of aliphatic hydroxyl groups excluding tert-OH is 3. The van der Waals surface area contributed by atoms with Crippen molar-refractivity contribution in [3.63, 3.8) is 0 Å². The predicted octanol–water partition coefficient (Wildman–Crippen LogP) is 0.0001000. The fourth-order valence-electron chi connectivity index (χ4n) is 2.75. The van der Waals surface area contributed by atoms with Crippen LogP contribution in [0.3, 0.4) is 0 Å². The van der Waals surface area contributed by atoms with E-state index in [2.05, 4.69) is 4.74 Å². The maximum absolute atomic E-state index is 12.1. The molecule has 4 unspecified atom stereocenters. The van der Waals surface area contributed by atoms with Crippen molar-refractivity contribution in [1.29, 1.82) is 0 Å². The van der Waals surface area contributed by atoms with Gasteiger partial charge in [0.15, 0.2) is 12.2 Å². The van der Waals surface area contributed by atoms with Crippen LogP contribution in [0.15, 0.2) is 0 Å². The van der Waals surface area contributed by atoms with E-state index in [1.54, 1.807) is 13.8 Å². The molecule has 1 saturated heterocycles. The average molecular weight is 318 g/mol. The van der Waals surface area contributed by atoms with Gasteiger partial charge < -0.3 is 24.8 Å². The monoisotopic (exact) mass is 318 g/mol. The minimum atomic E-state index is -1.69. The van der Waals surface area contributed by atoms with Crippen molar-refractivity contribution in [3.8, 4) is 0 Å². The number of carbonyl (C=O) groups excluding carboxylic acids is 2. The van der Waals surface area contributed by atoms with E-state index in [1.807, 2.05) is 20.8 Å². The van der Waals surface area contributed by atoms with Crippen LogP contribution in [0.25, 0.3) is 0 Å². The number of esters is 2. The van der Waals surface area contributed by atoms with Gasteiger partial charge in [-0.2, -0.15) is 0 Å². The maximum Gasteiger partial charge on any atom is 0.338 e. The molecule has 22 heavy (non-hydrogen) atoms. The molecule has 7 nitrogen and oxygen atoms in total. The van der Waals surface area contributed by atoms with E-state index < -0.39 is 48.4 Å². The molecule has 0 aromatic carbocycles. The van der Waals surface area contributed by atoms with Gasteiger partial charge in [-0.05, 0) is 25.7 Å². The quantitative estimate of drug-likeness (QED) is 0.611. The molecule has 4 atom stereocenters. The van der Waals surface area contributed by atoms with Crippen molar-refractivity contribution in [3.05, 3.63) is 0 Å². The van der Waals surface area contributed by atoms with E-state index in [0.29, 0.717) is 6.42 Å². The van der Waals surface area contributed by atoms with E-state index in [9.17, 15) is 24.9 Å². The molecule has 128 valence electrons. The van der Waals surface area contributed by atoms with Crippen molar-refractivity contribution in [2.75, 3.05) is 6.61 Å². The summed E-state index contributed by atoms with van der Waals surface area (Å²) in [5.74, 6) is -1.49. The minimum Gasteiger partial charge on any atom is -0.462 e. The van der Waals surface area contributed by atoms with Crippen molar-refractivity contribution >= 4 is 11.9 Å². The fraction of sp³-hybridized carbons (Fsp3) is 0.867. The molecule has 7 heteroatoms. The Balaban J connectivity index is 2.55. The third kappa shape index (κ3) is 4.66. The Morgan fingerprint density at radius 2 is 1.82 bits per heavy atom. The Hall–Kier alpha value is -1.18. The first kappa shape index (κ1) is 18.9. The molecule has 1 rings (SSSR count). The molecular formula is C15H26O7. The lowest BCUT2D eigenvalue weighted by atomic mass is 9.76. The van der Waals surface area contributed by atoms with Gasteiger partial charge in [0.2, 0.25) is 0 Å². The molecule has 0 spiro atoms. The maximum atomic E-state index is 12.1. The van der Waals surface area contributed by atoms with Crippen LogP contribution in [0.2, 0.25) is 0 Å². The largest absolute Gasteiger partial charge is 0.462 e. The van der Waals surface area contributed by atoms with Gasteiger partial charge in [-0.25, -0.2) is 4.79 Å². The highest BCUT2D eigenvalue weighted by molar-refractivity contribution is 5.78. The number of hydrogen-bond donors (Lipinski definition) is 3. The van der Waals surface area contributed by atoms with Crippen LogP contribution in [-0.2, 0) is 19.1 Å². The second kappa shape index (κ2) is 6.52. The topological polar surface area (TPSA) is 113 Å². The highest BCUT2D eigenvalue weighted by atomic mass is 16.6. The zero-order valence-corrected chi connectivity index (χ0v) is 13.7. The summed E-state index contributed by atoms with van der Waals surface area (Å²) >= 11 is 0. The summed E-state index contributed by atoms with van der Waals surface area (Å²) in [6.07, 6.45) is -5.34. The van der Waals surface area contributed by atoms with E-state index >= 15 is 0 Å². The Bertz CT molecular complexity index is 424. The Morgan fingerprint density at radius 3 is 2.23 bits per heavy atom. The standard InChI is InChI=1S/C15H26O7/c1-14(2,3)7-15(4,5)13(20)21-6-8(16)11-9(17)10(18)12(19)22-11/h8-11,16-18H,6-7H2,1-5H3. The SMILES string of the molecule is CC(C)(C)CC(C)(C)C(=O)OCC(O)C1OC(=O)C(O)C1O. The smallest absolute Gasteiger partial charge is 0.338 e. The second-order valence-electron chi connectivity index (χ2n) is 7.62. The normalized spacial score (nSPS) is 27.5. The summed E-state index contributed by atoms with van der Waals surface area (Å²) in [5.41, 5.74) is -0.801. The van der Waals surface area contributed by atoms with Crippen LogP contribution in [0.5, 0.6) is 0 Å². The summed E-state index contributed by atoms with van der Waals surface area (Å²) in [7, 11) is 0. The summed E-state index contributed by atoms with van der Waals surface area (Å²) in [6.45, 7) is 9.10. The Kier molecular flexibility index (Phi) is 5.59. The highest BCUT2D eigenvalue weighted by Crippen LogP contribution is 2.34. The van der Waals surface area contributed by atoms with Gasteiger partial charge in [0.25, 0.3) is 0 Å². The molecule has 3 N–H and O–H groups in total. The van der Waals surface area contributed by atoms with Gasteiger partial charge in [-0.15, -0.1) is 0 Å². The first-order valence-electron chi connectivity index (χ1n) is 7.27. The fourth-order valence-corrected chi connectivity index (χ4v) is 2.75. The lowest BCUT2D eigenvalue weighted by Gasteiger charge is -2.31. The zero-order chi connectivity index (χ0) is 17.3. The molecule has 0 radical (unpaired) electrons. The van der Waals surface area contributed by atoms with E-state index in [1.165, 1.54) is 0 Å². The van der Waals surface area contributed by atoms with Crippen molar-refractivity contribution in [1.82, 2.24) is 0 Å². The molecule has 0 aromatic heterocycles. The molecule has 1 aliphatic rings. The van der Waals surface area contributed by atoms with Gasteiger partial charge >= 0.3 is 11.9 Å². The van der Waals surface area contributed by atoms with Crippen molar-refractivity contribution in [2.24, 2.45) is 10.8 Å². The summed E-state index contributed by atoms with van der Waals surface area (Å²) in [4.78, 5) is 23.2. The van der Waals surface area contributed by atoms with E-state index in [-0.39, 0.29) is 5.41 Å². The summed E-state index contributed by atoms with van der Waals surface area (Å²) in [5, 5.41) is 28.7. The van der Waals surface area contributed by atoms with Crippen LogP contribution in [-0.4, -0.2) is 58.3 Å². The molecule has 0 aliphatic carbocycles. The third-order valence-electron chi connectivity index (χ3n) is 3.44. The number of ether oxygens (including phenoxy) is 2. The lowest BCUT2D eigenvalue weighted by Crippen LogP contribution is -2.42. The van der Waals surface area contributed by atoms with Crippen LogP contribution in [0.1, 0.15) is 41.0 Å². The predicted molar refractivity (Wildman–Crippen MR) is 76.7 cm³/mol. The van der Waals surface area contributed by atoms with Crippen molar-refractivity contribution < 1.29 is 34.4 Å². The van der Waals surface area contributed by atoms with Crippen LogP contribution in [0, 0.1) is 10.8 Å². The zero-order valence-electron chi connectivity index (χ0n) is 13.7. The second-order valence-corrected chi connectivity index (χ2v) is 7.62. The van der Waals surface area contributed by atoms with Crippen LogP contribution >= 0.6 is 0 Å². The molecule has 0 saturated carbocycles. The molecule has 1 fully saturated rings. The number of aliphatic hydroxyl groups is 3. The molecule has 1 heterocycles. The highest BCUT2D eigenvalue weighted by Gasteiger charge is 2.46. The van der Waals surface area contributed by atoms with Crippen LogP contribution in [0.4, 0.5) is 0 Å². The average Bonchev–Trinajstić information content (AvgIpc) is 2.60. The molecule has 0 aromatic rings. The van der Waals surface area contributed by atoms with Gasteiger partial charge in [-0.1, -0.05) is 20.8 Å². The third-order valence-corrected chi connectivity index (χ3v) is 3.44. The Morgan fingerprint density at radius 1 is 1.27 bits per heavy atom. The number of carbonyl (C=O) groups is 2.